The van der Waals surface area contributed by atoms with E-state index in [1.54, 1.807) is 6.92 Å². The van der Waals surface area contributed by atoms with Gasteiger partial charge in [-0.1, -0.05) is 6.92 Å². The molecule has 2 atom stereocenters. The van der Waals surface area contributed by atoms with Crippen molar-refractivity contribution in [3.8, 4) is 0 Å². The molecule has 0 N–H and O–H groups in total. The summed E-state index contributed by atoms with van der Waals surface area (Å²) in [5, 5.41) is -1.62. The first-order valence-electron chi connectivity index (χ1n) is 4.96. The van der Waals surface area contributed by atoms with E-state index >= 15 is 0 Å². The number of hydrogen-bond acceptors (Lipinski definition) is 7. The Hall–Kier alpha value is -1.24. The summed E-state index contributed by atoms with van der Waals surface area (Å²) in [6.07, 6.45) is 0. The van der Waals surface area contributed by atoms with Crippen LogP contribution in [0.2, 0.25) is 0 Å². The van der Waals surface area contributed by atoms with E-state index in [9.17, 15) is 14.4 Å². The predicted molar refractivity (Wildman–Crippen MR) is 61.6 cm³/mol. The summed E-state index contributed by atoms with van der Waals surface area (Å²) < 4.78 is 13.8. The number of methoxy groups -OCH3 is 2. The topological polar surface area (TPSA) is 78.9 Å². The maximum atomic E-state index is 11.6. The van der Waals surface area contributed by atoms with E-state index in [0.29, 0.717) is 11.8 Å². The van der Waals surface area contributed by atoms with Crippen LogP contribution >= 0.6 is 11.8 Å². The van der Waals surface area contributed by atoms with Crippen LogP contribution in [-0.4, -0.2) is 43.3 Å². The van der Waals surface area contributed by atoms with Gasteiger partial charge in [-0.15, -0.1) is 0 Å². The number of carbonyl (C=O) groups excluding carboxylic acids is 3. The Morgan fingerprint density at radius 2 is 1.71 bits per heavy atom. The summed E-state index contributed by atoms with van der Waals surface area (Å²) in [7, 11) is 2.41. The molecule has 0 saturated carbocycles. The number of thioether (sulfide) groups is 1. The second kappa shape index (κ2) is 7.94. The van der Waals surface area contributed by atoms with Crippen LogP contribution in [0.5, 0.6) is 0 Å². The second-order valence-corrected chi connectivity index (χ2v) is 4.13. The van der Waals surface area contributed by atoms with Gasteiger partial charge in [-0.3, -0.25) is 9.59 Å². The van der Waals surface area contributed by atoms with Gasteiger partial charge in [0, 0.05) is 0 Å². The molecule has 0 aromatic heterocycles. The van der Waals surface area contributed by atoms with Crippen LogP contribution in [0.15, 0.2) is 0 Å². The number of rotatable bonds is 5. The van der Waals surface area contributed by atoms with E-state index in [-0.39, 0.29) is 6.61 Å². The fraction of sp³-hybridized carbons (Fsp3) is 0.700. The molecule has 0 saturated heterocycles. The summed E-state index contributed by atoms with van der Waals surface area (Å²) in [5.74, 6) is -2.01. The van der Waals surface area contributed by atoms with Crippen LogP contribution in [0.25, 0.3) is 0 Å². The largest absolute Gasteiger partial charge is 0.469 e. The number of esters is 2. The third-order valence-corrected chi connectivity index (χ3v) is 3.15. The molecule has 6 nitrogen and oxygen atoms in total. The van der Waals surface area contributed by atoms with Crippen molar-refractivity contribution in [1.82, 2.24) is 0 Å². The standard InChI is InChI=1S/C10H16O6S/c1-5-16-9(12)7(17-10(13)15-4)6(2)8(11)14-3/h6-7H,5H2,1-4H3/t6-,7-/m1/s1. The molecule has 0 spiro atoms. The first kappa shape index (κ1) is 15.8. The summed E-state index contributed by atoms with van der Waals surface area (Å²) in [4.78, 5) is 34.1. The highest BCUT2D eigenvalue weighted by Crippen LogP contribution is 2.24. The fourth-order valence-electron chi connectivity index (χ4n) is 1.04. The van der Waals surface area contributed by atoms with E-state index in [0.717, 1.165) is 0 Å². The molecular weight excluding hydrogens is 248 g/mol. The van der Waals surface area contributed by atoms with Gasteiger partial charge < -0.3 is 14.2 Å². The molecule has 0 unspecified atom stereocenters. The lowest BCUT2D eigenvalue weighted by Crippen LogP contribution is -2.33. The minimum absolute atomic E-state index is 0.172. The maximum Gasteiger partial charge on any atom is 0.367 e. The zero-order valence-electron chi connectivity index (χ0n) is 10.2. The van der Waals surface area contributed by atoms with Crippen LogP contribution in [0, 0.1) is 5.92 Å². The second-order valence-electron chi connectivity index (χ2n) is 3.06. The van der Waals surface area contributed by atoms with Gasteiger partial charge in [0.2, 0.25) is 0 Å². The van der Waals surface area contributed by atoms with Gasteiger partial charge >= 0.3 is 17.2 Å². The van der Waals surface area contributed by atoms with Gasteiger partial charge in [-0.05, 0) is 18.7 Å². The molecule has 7 heteroatoms. The summed E-state index contributed by atoms with van der Waals surface area (Å²) in [6, 6.07) is 0. The van der Waals surface area contributed by atoms with E-state index in [1.807, 2.05) is 0 Å². The molecule has 0 radical (unpaired) electrons. The fourth-order valence-corrected chi connectivity index (χ4v) is 1.82. The Morgan fingerprint density at radius 3 is 2.12 bits per heavy atom. The first-order valence-corrected chi connectivity index (χ1v) is 5.84. The van der Waals surface area contributed by atoms with Crippen molar-refractivity contribution in [1.29, 1.82) is 0 Å². The quantitative estimate of drug-likeness (QED) is 0.545. The number of carbonyl (C=O) groups is 3. The van der Waals surface area contributed by atoms with Gasteiger partial charge in [-0.2, -0.15) is 0 Å². The molecule has 0 aliphatic rings. The average molecular weight is 264 g/mol. The Bertz CT molecular complexity index is 291. The van der Waals surface area contributed by atoms with Gasteiger partial charge in [-0.25, -0.2) is 4.79 Å². The Balaban J connectivity index is 4.77. The molecule has 0 aromatic rings. The van der Waals surface area contributed by atoms with Crippen LogP contribution in [0.4, 0.5) is 4.79 Å². The van der Waals surface area contributed by atoms with Gasteiger partial charge in [0.1, 0.15) is 5.25 Å². The first-order chi connectivity index (χ1) is 7.97. The lowest BCUT2D eigenvalue weighted by atomic mass is 10.1. The molecule has 0 rings (SSSR count). The van der Waals surface area contributed by atoms with Gasteiger partial charge in [0.25, 0.3) is 0 Å². The average Bonchev–Trinajstić information content (AvgIpc) is 2.33. The van der Waals surface area contributed by atoms with Crippen molar-refractivity contribution in [2.24, 2.45) is 5.92 Å². The minimum atomic E-state index is -0.963. The zero-order chi connectivity index (χ0) is 13.4. The van der Waals surface area contributed by atoms with Crippen LogP contribution in [-0.2, 0) is 23.8 Å². The van der Waals surface area contributed by atoms with E-state index in [4.69, 9.17) is 4.74 Å². The minimum Gasteiger partial charge on any atom is -0.469 e. The lowest BCUT2D eigenvalue weighted by molar-refractivity contribution is -0.151. The monoisotopic (exact) mass is 264 g/mol. The molecular formula is C10H16O6S. The van der Waals surface area contributed by atoms with Crippen molar-refractivity contribution in [3.05, 3.63) is 0 Å². The number of ether oxygens (including phenoxy) is 3. The van der Waals surface area contributed by atoms with Crippen LogP contribution in [0.1, 0.15) is 13.8 Å². The molecule has 0 aliphatic heterocycles. The smallest absolute Gasteiger partial charge is 0.367 e. The Labute approximate surface area is 104 Å². The highest BCUT2D eigenvalue weighted by Gasteiger charge is 2.35. The van der Waals surface area contributed by atoms with Gasteiger partial charge in [0.15, 0.2) is 0 Å². The van der Waals surface area contributed by atoms with Crippen molar-refractivity contribution in [2.45, 2.75) is 19.1 Å². The third kappa shape index (κ3) is 5.08. The molecule has 0 bridgehead atoms. The summed E-state index contributed by atoms with van der Waals surface area (Å²) >= 11 is 0.608. The SMILES string of the molecule is CCOC(=O)[C@H](SC(=O)OC)[C@@H](C)C(=O)OC. The Kier molecular flexibility index (Phi) is 7.36. The lowest BCUT2D eigenvalue weighted by Gasteiger charge is -2.18. The van der Waals surface area contributed by atoms with Crippen LogP contribution < -0.4 is 0 Å². The van der Waals surface area contributed by atoms with Gasteiger partial charge in [0.05, 0.1) is 26.7 Å². The molecule has 0 amide bonds. The van der Waals surface area contributed by atoms with Crippen molar-refractivity contribution >= 4 is 29.0 Å². The molecule has 17 heavy (non-hydrogen) atoms. The van der Waals surface area contributed by atoms with E-state index in [2.05, 4.69) is 9.47 Å². The highest BCUT2D eigenvalue weighted by molar-refractivity contribution is 8.14. The molecule has 0 aromatic carbocycles. The normalized spacial score (nSPS) is 13.4. The van der Waals surface area contributed by atoms with E-state index < -0.39 is 28.4 Å². The summed E-state index contributed by atoms with van der Waals surface area (Å²) in [6.45, 7) is 3.30. The molecule has 0 fully saturated rings. The zero-order valence-corrected chi connectivity index (χ0v) is 11.0. The maximum absolute atomic E-state index is 11.6. The van der Waals surface area contributed by atoms with Crippen molar-refractivity contribution in [3.63, 3.8) is 0 Å². The van der Waals surface area contributed by atoms with Crippen molar-refractivity contribution < 1.29 is 28.6 Å². The third-order valence-electron chi connectivity index (χ3n) is 1.94. The number of hydrogen-bond donors (Lipinski definition) is 0. The highest BCUT2D eigenvalue weighted by atomic mass is 32.2. The predicted octanol–water partition coefficient (Wildman–Crippen LogP) is 1.23. The Morgan fingerprint density at radius 1 is 1.12 bits per heavy atom. The van der Waals surface area contributed by atoms with Crippen molar-refractivity contribution in [2.75, 3.05) is 20.8 Å². The molecule has 0 heterocycles. The molecule has 0 aliphatic carbocycles. The van der Waals surface area contributed by atoms with Crippen LogP contribution in [0.3, 0.4) is 0 Å². The molecule has 98 valence electrons. The summed E-state index contributed by atoms with van der Waals surface area (Å²) in [5.41, 5.74) is 0. The van der Waals surface area contributed by atoms with E-state index in [1.165, 1.54) is 21.1 Å².